The van der Waals surface area contributed by atoms with Crippen molar-refractivity contribution in [2.24, 2.45) is 5.10 Å². The number of aromatic nitrogens is 1. The number of fused-ring (bicyclic) bond motifs is 1. The number of hydrazone groups is 1. The van der Waals surface area contributed by atoms with E-state index in [1.165, 1.54) is 30.6 Å². The summed E-state index contributed by atoms with van der Waals surface area (Å²) in [5.74, 6) is 0.464. The molecule has 0 atom stereocenters. The van der Waals surface area contributed by atoms with Gasteiger partial charge in [-0.1, -0.05) is 53.8 Å². The number of carbonyl (C=O) groups is 1. The molecule has 0 aliphatic heterocycles. The second-order valence-corrected chi connectivity index (χ2v) is 7.79. The maximum absolute atomic E-state index is 13.6. The summed E-state index contributed by atoms with van der Waals surface area (Å²) >= 11 is 1.41. The molecule has 6 nitrogen and oxygen atoms in total. The highest BCUT2D eigenvalue weighted by atomic mass is 32.1. The van der Waals surface area contributed by atoms with Crippen molar-refractivity contribution in [3.05, 3.63) is 83.4 Å². The van der Waals surface area contributed by atoms with Crippen molar-refractivity contribution >= 4 is 38.8 Å². The molecule has 1 heterocycles. The zero-order chi connectivity index (χ0) is 21.8. The summed E-state index contributed by atoms with van der Waals surface area (Å²) in [7, 11) is 3.04. The van der Waals surface area contributed by atoms with Crippen LogP contribution in [0.2, 0.25) is 0 Å². The Labute approximate surface area is 184 Å². The quantitative estimate of drug-likeness (QED) is 0.307. The first-order valence-corrected chi connectivity index (χ1v) is 10.4. The van der Waals surface area contributed by atoms with Crippen molar-refractivity contribution in [1.82, 2.24) is 4.98 Å². The summed E-state index contributed by atoms with van der Waals surface area (Å²) in [5.41, 5.74) is 3.15. The SMILES string of the molecule is COc1cccc(C(=O)N(/N=C/c2ccccc2)c2nc3ccc(C)cc3s2)c1OC. The third kappa shape index (κ3) is 4.27. The monoisotopic (exact) mass is 431 g/mol. The lowest BCUT2D eigenvalue weighted by molar-refractivity contribution is 0.0984. The molecule has 0 N–H and O–H groups in total. The molecule has 0 fully saturated rings. The number of amides is 1. The van der Waals surface area contributed by atoms with Gasteiger partial charge in [0, 0.05) is 0 Å². The van der Waals surface area contributed by atoms with Crippen LogP contribution in [0.3, 0.4) is 0 Å². The molecule has 31 heavy (non-hydrogen) atoms. The van der Waals surface area contributed by atoms with Crippen molar-refractivity contribution in [3.63, 3.8) is 0 Å². The summed E-state index contributed by atoms with van der Waals surface area (Å²) in [6.45, 7) is 2.02. The molecule has 0 aliphatic carbocycles. The van der Waals surface area contributed by atoms with Gasteiger partial charge in [-0.2, -0.15) is 10.1 Å². The molecule has 156 valence electrons. The largest absolute Gasteiger partial charge is 0.493 e. The van der Waals surface area contributed by atoms with Crippen LogP contribution in [0.15, 0.2) is 71.8 Å². The molecule has 0 spiro atoms. The Morgan fingerprint density at radius 3 is 2.58 bits per heavy atom. The van der Waals surface area contributed by atoms with E-state index in [4.69, 9.17) is 9.47 Å². The highest BCUT2D eigenvalue weighted by Crippen LogP contribution is 2.35. The van der Waals surface area contributed by atoms with Crippen molar-refractivity contribution in [2.75, 3.05) is 19.2 Å². The number of anilines is 1. The van der Waals surface area contributed by atoms with Gasteiger partial charge in [0.25, 0.3) is 5.91 Å². The molecular formula is C24H21N3O3S. The van der Waals surface area contributed by atoms with E-state index < -0.39 is 0 Å². The molecule has 0 unspecified atom stereocenters. The molecule has 0 aliphatic rings. The molecule has 1 amide bonds. The normalized spacial score (nSPS) is 11.1. The number of ether oxygens (including phenoxy) is 2. The number of benzene rings is 3. The van der Waals surface area contributed by atoms with E-state index in [1.54, 1.807) is 24.4 Å². The average molecular weight is 432 g/mol. The summed E-state index contributed by atoms with van der Waals surface area (Å²) in [6.07, 6.45) is 1.64. The summed E-state index contributed by atoms with van der Waals surface area (Å²) in [6, 6.07) is 20.8. The van der Waals surface area contributed by atoms with E-state index in [1.807, 2.05) is 55.5 Å². The third-order valence-electron chi connectivity index (χ3n) is 4.66. The van der Waals surface area contributed by atoms with E-state index >= 15 is 0 Å². The number of nitrogens with zero attached hydrogens (tertiary/aromatic N) is 3. The first-order chi connectivity index (χ1) is 15.1. The molecular weight excluding hydrogens is 410 g/mol. The van der Waals surface area contributed by atoms with Gasteiger partial charge in [-0.25, -0.2) is 4.98 Å². The standard InChI is InChI=1S/C24H21N3O3S/c1-16-12-13-19-21(14-16)31-24(26-19)27(25-15-17-8-5-4-6-9-17)23(28)18-10-7-11-20(29-2)22(18)30-3/h4-15H,1-3H3/b25-15+. The Kier molecular flexibility index (Phi) is 5.95. The Morgan fingerprint density at radius 1 is 1.03 bits per heavy atom. The molecule has 0 radical (unpaired) electrons. The topological polar surface area (TPSA) is 64.0 Å². The maximum atomic E-state index is 13.6. The number of aryl methyl sites for hydroxylation is 1. The van der Waals surface area contributed by atoms with Crippen LogP contribution in [0.25, 0.3) is 10.2 Å². The second kappa shape index (κ2) is 8.97. The van der Waals surface area contributed by atoms with Gasteiger partial charge in [-0.15, -0.1) is 0 Å². The van der Waals surface area contributed by atoms with Crippen molar-refractivity contribution in [1.29, 1.82) is 0 Å². The van der Waals surface area contributed by atoms with Crippen molar-refractivity contribution in [2.45, 2.75) is 6.92 Å². The molecule has 1 aromatic heterocycles. The lowest BCUT2D eigenvalue weighted by atomic mass is 10.1. The first-order valence-electron chi connectivity index (χ1n) is 9.62. The third-order valence-corrected chi connectivity index (χ3v) is 5.66. The van der Waals surface area contributed by atoms with Crippen LogP contribution in [0, 0.1) is 6.92 Å². The van der Waals surface area contributed by atoms with Crippen molar-refractivity contribution in [3.8, 4) is 11.5 Å². The van der Waals surface area contributed by atoms with Gasteiger partial charge in [0.05, 0.1) is 36.2 Å². The van der Waals surface area contributed by atoms with Gasteiger partial charge in [-0.3, -0.25) is 4.79 Å². The van der Waals surface area contributed by atoms with Crippen LogP contribution >= 0.6 is 11.3 Å². The molecule has 0 bridgehead atoms. The van der Waals surface area contributed by atoms with Gasteiger partial charge >= 0.3 is 0 Å². The van der Waals surface area contributed by atoms with Crippen LogP contribution < -0.4 is 14.5 Å². The zero-order valence-electron chi connectivity index (χ0n) is 17.4. The second-order valence-electron chi connectivity index (χ2n) is 6.78. The lowest BCUT2D eigenvalue weighted by Gasteiger charge is -2.17. The van der Waals surface area contributed by atoms with E-state index in [9.17, 15) is 4.79 Å². The van der Waals surface area contributed by atoms with Gasteiger partial charge in [0.15, 0.2) is 11.5 Å². The Bertz CT molecular complexity index is 1250. The minimum absolute atomic E-state index is 0.336. The minimum Gasteiger partial charge on any atom is -0.493 e. The fourth-order valence-corrected chi connectivity index (χ4v) is 4.15. The molecule has 3 aromatic carbocycles. The smallest absolute Gasteiger partial charge is 0.284 e. The summed E-state index contributed by atoms with van der Waals surface area (Å²) in [4.78, 5) is 18.3. The fraction of sp³-hybridized carbons (Fsp3) is 0.125. The Hall–Kier alpha value is -3.71. The van der Waals surface area contributed by atoms with Gasteiger partial charge in [0.1, 0.15) is 0 Å². The Morgan fingerprint density at radius 2 is 1.84 bits per heavy atom. The van der Waals surface area contributed by atoms with Crippen LogP contribution in [0.1, 0.15) is 21.5 Å². The van der Waals surface area contributed by atoms with Crippen LogP contribution in [-0.4, -0.2) is 31.3 Å². The van der Waals surface area contributed by atoms with Gasteiger partial charge < -0.3 is 9.47 Å². The predicted molar refractivity (Wildman–Crippen MR) is 125 cm³/mol. The number of rotatable bonds is 6. The Balaban J connectivity index is 1.82. The predicted octanol–water partition coefficient (Wildman–Crippen LogP) is 5.30. The summed E-state index contributed by atoms with van der Waals surface area (Å²) in [5, 5.41) is 6.28. The van der Waals surface area contributed by atoms with Crippen LogP contribution in [0.4, 0.5) is 5.13 Å². The number of methoxy groups -OCH3 is 2. The van der Waals surface area contributed by atoms with E-state index in [0.717, 1.165) is 21.3 Å². The van der Waals surface area contributed by atoms with Crippen LogP contribution in [-0.2, 0) is 0 Å². The average Bonchev–Trinajstić information content (AvgIpc) is 3.21. The van der Waals surface area contributed by atoms with Gasteiger partial charge in [-0.05, 0) is 42.3 Å². The number of hydrogen-bond acceptors (Lipinski definition) is 6. The highest BCUT2D eigenvalue weighted by molar-refractivity contribution is 7.22. The molecule has 4 aromatic rings. The van der Waals surface area contributed by atoms with E-state index in [0.29, 0.717) is 22.2 Å². The summed E-state index contributed by atoms with van der Waals surface area (Å²) < 4.78 is 11.8. The first kappa shape index (κ1) is 20.6. The zero-order valence-corrected chi connectivity index (χ0v) is 18.2. The molecule has 7 heteroatoms. The number of hydrogen-bond donors (Lipinski definition) is 0. The lowest BCUT2D eigenvalue weighted by Crippen LogP contribution is -2.26. The highest BCUT2D eigenvalue weighted by Gasteiger charge is 2.25. The van der Waals surface area contributed by atoms with Crippen molar-refractivity contribution < 1.29 is 14.3 Å². The molecule has 0 saturated carbocycles. The van der Waals surface area contributed by atoms with E-state index in [-0.39, 0.29) is 5.91 Å². The van der Waals surface area contributed by atoms with Gasteiger partial charge in [0.2, 0.25) is 5.13 Å². The molecule has 0 saturated heterocycles. The number of para-hydroxylation sites is 1. The fourth-order valence-electron chi connectivity index (χ4n) is 3.13. The molecule has 4 rings (SSSR count). The van der Waals surface area contributed by atoms with Crippen LogP contribution in [0.5, 0.6) is 11.5 Å². The minimum atomic E-state index is -0.362. The number of thiazole rings is 1. The maximum Gasteiger partial charge on any atom is 0.284 e. The number of carbonyl (C=O) groups excluding carboxylic acids is 1. The van der Waals surface area contributed by atoms with E-state index in [2.05, 4.69) is 10.1 Å².